The van der Waals surface area contributed by atoms with Crippen LogP contribution in [0.2, 0.25) is 0 Å². The Morgan fingerprint density at radius 3 is 2.46 bits per heavy atom. The number of anilines is 3. The number of hydrogen-bond donors (Lipinski definition) is 4. The smallest absolute Gasteiger partial charge is 0.259 e. The fourth-order valence-corrected chi connectivity index (χ4v) is 7.24. The summed E-state index contributed by atoms with van der Waals surface area (Å²) in [7, 11) is 3.95. The molecule has 0 spiro atoms. The normalized spacial score (nSPS) is 17.2. The Balaban J connectivity index is 0.883. The van der Waals surface area contributed by atoms with Crippen LogP contribution in [0.4, 0.5) is 17.2 Å². The van der Waals surface area contributed by atoms with E-state index in [-0.39, 0.29) is 18.7 Å². The number of fused-ring (bicyclic) bond motifs is 2. The van der Waals surface area contributed by atoms with Gasteiger partial charge in [-0.3, -0.25) is 24.6 Å². The molecule has 7 rings (SSSR count). The van der Waals surface area contributed by atoms with Gasteiger partial charge in [0.1, 0.15) is 16.9 Å². The minimum Gasteiger partial charge on any atom is -0.383 e. The topological polar surface area (TPSA) is 149 Å². The van der Waals surface area contributed by atoms with Crippen molar-refractivity contribution >= 4 is 56.5 Å². The molecule has 12 nitrogen and oxygen atoms in total. The summed E-state index contributed by atoms with van der Waals surface area (Å²) in [6, 6.07) is 22.9. The molecule has 2 atom stereocenters. The number of nitrogens with one attached hydrogen (secondary N) is 3. The molecule has 0 radical (unpaired) electrons. The minimum atomic E-state index is -1.26. The highest BCUT2D eigenvalue weighted by Gasteiger charge is 2.45. The predicted octanol–water partition coefficient (Wildman–Crippen LogP) is 4.88. The highest BCUT2D eigenvalue weighted by molar-refractivity contribution is 7.21. The quantitative estimate of drug-likeness (QED) is 0.105. The van der Waals surface area contributed by atoms with E-state index in [4.69, 9.17) is 9.72 Å². The Bertz CT molecular complexity index is 2050. The van der Waals surface area contributed by atoms with Gasteiger partial charge in [-0.25, -0.2) is 9.97 Å². The third-order valence-corrected chi connectivity index (χ3v) is 9.90. The fraction of sp³-hybridized carbons (Fsp3) is 0.270. The van der Waals surface area contributed by atoms with Crippen LogP contribution in [0.3, 0.4) is 0 Å². The Morgan fingerprint density at radius 2 is 1.72 bits per heavy atom. The predicted molar refractivity (Wildman–Crippen MR) is 194 cm³/mol. The summed E-state index contributed by atoms with van der Waals surface area (Å²) in [5.41, 5.74) is 6.49. The van der Waals surface area contributed by atoms with Gasteiger partial charge >= 0.3 is 0 Å². The highest BCUT2D eigenvalue weighted by atomic mass is 32.1. The van der Waals surface area contributed by atoms with E-state index in [1.165, 1.54) is 0 Å². The van der Waals surface area contributed by atoms with Crippen LogP contribution >= 0.6 is 11.3 Å². The second-order valence-electron chi connectivity index (χ2n) is 12.4. The van der Waals surface area contributed by atoms with E-state index < -0.39 is 24.1 Å². The molecule has 2 unspecified atom stereocenters. The number of nitrogens with zero attached hydrogens (tertiary/aromatic N) is 4. The number of carbonyl (C=O) groups is 3. The number of amides is 3. The molecule has 5 aromatic rings. The molecule has 50 heavy (non-hydrogen) atoms. The second-order valence-corrected chi connectivity index (χ2v) is 13.4. The molecule has 3 aromatic carbocycles. The van der Waals surface area contributed by atoms with Crippen LogP contribution in [0.15, 0.2) is 79.0 Å². The van der Waals surface area contributed by atoms with Crippen molar-refractivity contribution in [2.45, 2.75) is 25.1 Å². The number of imide groups is 1. The van der Waals surface area contributed by atoms with Crippen LogP contribution in [0.25, 0.3) is 31.9 Å². The van der Waals surface area contributed by atoms with Gasteiger partial charge < -0.3 is 25.4 Å². The molecule has 2 aliphatic rings. The number of rotatable bonds is 12. The van der Waals surface area contributed by atoms with Crippen LogP contribution in [0, 0.1) is 0 Å². The monoisotopic (exact) mass is 691 g/mol. The Labute approximate surface area is 293 Å². The van der Waals surface area contributed by atoms with Crippen LogP contribution in [-0.2, 0) is 14.3 Å². The second kappa shape index (κ2) is 14.2. The maximum absolute atomic E-state index is 13.3. The molecule has 0 aliphatic carbocycles. The first-order valence-corrected chi connectivity index (χ1v) is 17.3. The number of piperidine rings is 1. The van der Waals surface area contributed by atoms with Crippen LogP contribution in [-0.4, -0.2) is 84.1 Å². The lowest BCUT2D eigenvalue weighted by atomic mass is 10.0. The van der Waals surface area contributed by atoms with E-state index in [1.807, 2.05) is 43.4 Å². The number of aromatic nitrogens is 2. The van der Waals surface area contributed by atoms with Crippen molar-refractivity contribution < 1.29 is 24.2 Å². The Hall–Kier alpha value is -5.37. The maximum Gasteiger partial charge on any atom is 0.259 e. The van der Waals surface area contributed by atoms with Gasteiger partial charge in [-0.2, -0.15) is 0 Å². The van der Waals surface area contributed by atoms with E-state index in [0.29, 0.717) is 43.1 Å². The largest absolute Gasteiger partial charge is 0.383 e. The highest BCUT2D eigenvalue weighted by Crippen LogP contribution is 2.39. The zero-order valence-corrected chi connectivity index (χ0v) is 28.5. The molecule has 13 heteroatoms. The third kappa shape index (κ3) is 6.75. The molecule has 1 fully saturated rings. The van der Waals surface area contributed by atoms with Gasteiger partial charge in [0, 0.05) is 67.9 Å². The van der Waals surface area contributed by atoms with E-state index in [1.54, 1.807) is 29.5 Å². The first kappa shape index (κ1) is 33.1. The molecular formula is C37H37N7O5S. The molecule has 3 amide bonds. The number of benzene rings is 3. The molecule has 1 saturated heterocycles. The zero-order valence-electron chi connectivity index (χ0n) is 27.7. The summed E-state index contributed by atoms with van der Waals surface area (Å²) in [4.78, 5) is 49.8. The van der Waals surface area contributed by atoms with Gasteiger partial charge in [-0.05, 0) is 48.4 Å². The SMILES string of the molecule is CN(C)c1ccc(-c2ccc(-c3nc4ccc(NCCOCCNc5cccc6c5C(=O)N(C5CCC(=O)NC5=O)C6O)cc4s3)cc2)cn1. The molecular weight excluding hydrogens is 655 g/mol. The average molecular weight is 692 g/mol. The number of ether oxygens (including phenoxy) is 1. The summed E-state index contributed by atoms with van der Waals surface area (Å²) in [6.07, 6.45) is 0.920. The Morgan fingerprint density at radius 1 is 0.960 bits per heavy atom. The summed E-state index contributed by atoms with van der Waals surface area (Å²) in [6.45, 7) is 1.91. The summed E-state index contributed by atoms with van der Waals surface area (Å²) < 4.78 is 6.91. The fourth-order valence-electron chi connectivity index (χ4n) is 6.23. The average Bonchev–Trinajstić information content (AvgIpc) is 3.66. The van der Waals surface area contributed by atoms with Gasteiger partial charge in [0.25, 0.3) is 5.91 Å². The summed E-state index contributed by atoms with van der Waals surface area (Å²) >= 11 is 1.65. The van der Waals surface area contributed by atoms with Crippen LogP contribution in [0.5, 0.6) is 0 Å². The van der Waals surface area contributed by atoms with Crippen molar-refractivity contribution in [2.24, 2.45) is 0 Å². The van der Waals surface area contributed by atoms with Gasteiger partial charge in [-0.15, -0.1) is 11.3 Å². The standard InChI is InChI=1S/C37H37N7O5S/c1-43(2)31-14-10-24(21-40-31)22-6-8-23(9-7-22)35-41-27-12-11-25(20-30(27)50-35)38-16-18-49-19-17-39-28-5-3-4-26-33(28)37(48)44(36(26)47)29-13-15-32(45)42-34(29)46/h3-12,14,20-21,29,36,38-39,47H,13,15-19H2,1-2H3,(H,42,45,46). The van der Waals surface area contributed by atoms with Gasteiger partial charge in [0.05, 0.1) is 29.0 Å². The number of aliphatic hydroxyl groups is 1. The van der Waals surface area contributed by atoms with E-state index >= 15 is 0 Å². The van der Waals surface area contributed by atoms with Crippen molar-refractivity contribution in [3.63, 3.8) is 0 Å². The first-order valence-electron chi connectivity index (χ1n) is 16.4. The van der Waals surface area contributed by atoms with E-state index in [0.717, 1.165) is 48.3 Å². The van der Waals surface area contributed by atoms with E-state index in [2.05, 4.69) is 57.3 Å². The van der Waals surface area contributed by atoms with Crippen LogP contribution in [0.1, 0.15) is 35.0 Å². The molecule has 2 aromatic heterocycles. The molecule has 4 heterocycles. The molecule has 0 bridgehead atoms. The van der Waals surface area contributed by atoms with Crippen molar-refractivity contribution in [3.05, 3.63) is 90.1 Å². The van der Waals surface area contributed by atoms with Crippen molar-refractivity contribution in [3.8, 4) is 21.7 Å². The van der Waals surface area contributed by atoms with Gasteiger partial charge in [0.15, 0.2) is 6.23 Å². The molecule has 4 N–H and O–H groups in total. The first-order chi connectivity index (χ1) is 24.3. The molecule has 0 saturated carbocycles. The maximum atomic E-state index is 13.3. The van der Waals surface area contributed by atoms with Crippen molar-refractivity contribution in [1.82, 2.24) is 20.2 Å². The lowest BCUT2D eigenvalue weighted by Crippen LogP contribution is -2.53. The van der Waals surface area contributed by atoms with Crippen molar-refractivity contribution in [2.75, 3.05) is 55.9 Å². The summed E-state index contributed by atoms with van der Waals surface area (Å²) in [5, 5.41) is 20.7. The lowest BCUT2D eigenvalue weighted by Gasteiger charge is -2.31. The number of hydrogen-bond acceptors (Lipinski definition) is 11. The molecule has 256 valence electrons. The van der Waals surface area contributed by atoms with Gasteiger partial charge in [-0.1, -0.05) is 36.4 Å². The number of aliphatic hydroxyl groups excluding tert-OH is 1. The molecule has 2 aliphatic heterocycles. The number of thiazole rings is 1. The van der Waals surface area contributed by atoms with E-state index in [9.17, 15) is 19.5 Å². The van der Waals surface area contributed by atoms with Crippen molar-refractivity contribution in [1.29, 1.82) is 0 Å². The van der Waals surface area contributed by atoms with Crippen LogP contribution < -0.4 is 20.9 Å². The third-order valence-electron chi connectivity index (χ3n) is 8.83. The number of carbonyl (C=O) groups excluding carboxylic acids is 3. The minimum absolute atomic E-state index is 0.114. The zero-order chi connectivity index (χ0) is 34.8. The Kier molecular flexibility index (Phi) is 9.44. The van der Waals surface area contributed by atoms with Gasteiger partial charge in [0.2, 0.25) is 11.8 Å². The summed E-state index contributed by atoms with van der Waals surface area (Å²) in [5.74, 6) is -0.474. The number of pyridine rings is 1. The lowest BCUT2D eigenvalue weighted by molar-refractivity contribution is -0.139.